The van der Waals surface area contributed by atoms with Crippen molar-refractivity contribution in [1.82, 2.24) is 0 Å². The van der Waals surface area contributed by atoms with E-state index in [0.29, 0.717) is 13.2 Å². The molecule has 1 unspecified atom stereocenters. The van der Waals surface area contributed by atoms with Crippen molar-refractivity contribution in [3.63, 3.8) is 0 Å². The second kappa shape index (κ2) is 9.12. The summed E-state index contributed by atoms with van der Waals surface area (Å²) >= 11 is 0. The van der Waals surface area contributed by atoms with E-state index in [2.05, 4.69) is 0 Å². The molecule has 1 aliphatic heterocycles. The fraction of sp³-hybridized carbons (Fsp3) is 0.625. The molecule has 118 valence electrons. The predicted octanol–water partition coefficient (Wildman–Crippen LogP) is 1.47. The molecular weight excluding hydrogens is 272 g/mol. The summed E-state index contributed by atoms with van der Waals surface area (Å²) in [5.41, 5.74) is 1.03. The molecule has 0 spiro atoms. The van der Waals surface area contributed by atoms with Crippen LogP contribution in [0.25, 0.3) is 0 Å². The molecule has 5 nitrogen and oxygen atoms in total. The van der Waals surface area contributed by atoms with Crippen molar-refractivity contribution in [1.29, 1.82) is 0 Å². The Morgan fingerprint density at radius 2 is 1.86 bits per heavy atom. The van der Waals surface area contributed by atoms with Crippen molar-refractivity contribution in [3.8, 4) is 0 Å². The first-order chi connectivity index (χ1) is 10.3. The number of aliphatic hydroxyl groups is 2. The lowest BCUT2D eigenvalue weighted by Crippen LogP contribution is -2.36. The van der Waals surface area contributed by atoms with Gasteiger partial charge in [-0.1, -0.05) is 30.3 Å². The van der Waals surface area contributed by atoms with Gasteiger partial charge in [-0.15, -0.1) is 0 Å². The third-order valence-electron chi connectivity index (χ3n) is 3.44. The van der Waals surface area contributed by atoms with Crippen LogP contribution in [0.5, 0.6) is 0 Å². The SMILES string of the molecule is O[C@H](COCc1ccccc1)[C@@H](O)COC1CCCCO1. The molecule has 21 heavy (non-hydrogen) atoms. The molecule has 1 fully saturated rings. The topological polar surface area (TPSA) is 68.2 Å². The quantitative estimate of drug-likeness (QED) is 0.760. The van der Waals surface area contributed by atoms with Gasteiger partial charge in [0.1, 0.15) is 12.2 Å². The van der Waals surface area contributed by atoms with Crippen LogP contribution in [0.1, 0.15) is 24.8 Å². The maximum absolute atomic E-state index is 9.83. The summed E-state index contributed by atoms with van der Waals surface area (Å²) in [4.78, 5) is 0. The minimum atomic E-state index is -0.966. The van der Waals surface area contributed by atoms with Crippen molar-refractivity contribution in [2.75, 3.05) is 19.8 Å². The molecule has 1 heterocycles. The van der Waals surface area contributed by atoms with E-state index in [9.17, 15) is 10.2 Å². The normalized spacial score (nSPS) is 21.9. The molecule has 1 aromatic rings. The summed E-state index contributed by atoms with van der Waals surface area (Å²) < 4.78 is 16.2. The zero-order valence-electron chi connectivity index (χ0n) is 12.2. The van der Waals surface area contributed by atoms with E-state index < -0.39 is 12.2 Å². The molecular formula is C16H24O5. The van der Waals surface area contributed by atoms with Gasteiger partial charge in [0.05, 0.1) is 19.8 Å². The average molecular weight is 296 g/mol. The third kappa shape index (κ3) is 6.11. The number of ether oxygens (including phenoxy) is 3. The van der Waals surface area contributed by atoms with Crippen LogP contribution in [-0.2, 0) is 20.8 Å². The fourth-order valence-corrected chi connectivity index (χ4v) is 2.14. The number of aliphatic hydroxyl groups excluding tert-OH is 2. The van der Waals surface area contributed by atoms with Gasteiger partial charge >= 0.3 is 0 Å². The highest BCUT2D eigenvalue weighted by Crippen LogP contribution is 2.14. The van der Waals surface area contributed by atoms with Crippen LogP contribution in [0.4, 0.5) is 0 Å². The summed E-state index contributed by atoms with van der Waals surface area (Å²) in [7, 11) is 0. The molecule has 0 aliphatic carbocycles. The molecule has 0 bridgehead atoms. The zero-order chi connectivity index (χ0) is 14.9. The van der Waals surface area contributed by atoms with Crippen molar-refractivity contribution < 1.29 is 24.4 Å². The van der Waals surface area contributed by atoms with Crippen LogP contribution >= 0.6 is 0 Å². The van der Waals surface area contributed by atoms with E-state index in [1.54, 1.807) is 0 Å². The second-order valence-corrected chi connectivity index (χ2v) is 5.26. The summed E-state index contributed by atoms with van der Waals surface area (Å²) in [5.74, 6) is 0. The van der Waals surface area contributed by atoms with Gasteiger partial charge in [0.25, 0.3) is 0 Å². The zero-order valence-corrected chi connectivity index (χ0v) is 12.2. The smallest absolute Gasteiger partial charge is 0.157 e. The first-order valence-electron chi connectivity index (χ1n) is 7.46. The first kappa shape index (κ1) is 16.4. The average Bonchev–Trinajstić information content (AvgIpc) is 2.54. The number of benzene rings is 1. The van der Waals surface area contributed by atoms with E-state index in [1.807, 2.05) is 30.3 Å². The molecule has 0 amide bonds. The van der Waals surface area contributed by atoms with Gasteiger partial charge in [0.15, 0.2) is 6.29 Å². The minimum Gasteiger partial charge on any atom is -0.388 e. The highest BCUT2D eigenvalue weighted by molar-refractivity contribution is 5.13. The molecule has 2 rings (SSSR count). The second-order valence-electron chi connectivity index (χ2n) is 5.26. The van der Waals surface area contributed by atoms with Crippen LogP contribution in [0.15, 0.2) is 30.3 Å². The Morgan fingerprint density at radius 3 is 2.57 bits per heavy atom. The Kier molecular flexibility index (Phi) is 7.12. The van der Waals surface area contributed by atoms with Crippen LogP contribution < -0.4 is 0 Å². The van der Waals surface area contributed by atoms with E-state index in [-0.39, 0.29) is 19.5 Å². The van der Waals surface area contributed by atoms with Crippen LogP contribution in [0.3, 0.4) is 0 Å². The highest BCUT2D eigenvalue weighted by Gasteiger charge is 2.20. The highest BCUT2D eigenvalue weighted by atomic mass is 16.7. The van der Waals surface area contributed by atoms with Crippen LogP contribution in [0.2, 0.25) is 0 Å². The number of rotatable bonds is 8. The molecule has 0 aromatic heterocycles. The molecule has 0 saturated carbocycles. The molecule has 2 N–H and O–H groups in total. The fourth-order valence-electron chi connectivity index (χ4n) is 2.14. The summed E-state index contributed by atoms with van der Waals surface area (Å²) in [6.07, 6.45) is 0.782. The summed E-state index contributed by atoms with van der Waals surface area (Å²) in [5, 5.41) is 19.7. The van der Waals surface area contributed by atoms with Crippen molar-refractivity contribution in [2.45, 2.75) is 44.4 Å². The van der Waals surface area contributed by atoms with Crippen LogP contribution in [-0.4, -0.2) is 48.5 Å². The maximum atomic E-state index is 9.83. The van der Waals surface area contributed by atoms with Gasteiger partial charge in [0.2, 0.25) is 0 Å². The van der Waals surface area contributed by atoms with Gasteiger partial charge in [-0.2, -0.15) is 0 Å². The lowest BCUT2D eigenvalue weighted by Gasteiger charge is -2.25. The first-order valence-corrected chi connectivity index (χ1v) is 7.46. The minimum absolute atomic E-state index is 0.0561. The Bertz CT molecular complexity index is 378. The molecule has 1 aliphatic rings. The van der Waals surface area contributed by atoms with Gasteiger partial charge in [-0.05, 0) is 24.8 Å². The lowest BCUT2D eigenvalue weighted by molar-refractivity contribution is -0.185. The van der Waals surface area contributed by atoms with Crippen molar-refractivity contribution in [3.05, 3.63) is 35.9 Å². The molecule has 5 heteroatoms. The van der Waals surface area contributed by atoms with Gasteiger partial charge in [-0.3, -0.25) is 0 Å². The van der Waals surface area contributed by atoms with Gasteiger partial charge in [-0.25, -0.2) is 0 Å². The molecule has 1 aromatic carbocycles. The predicted molar refractivity (Wildman–Crippen MR) is 77.7 cm³/mol. The van der Waals surface area contributed by atoms with E-state index in [0.717, 1.165) is 24.8 Å². The van der Waals surface area contributed by atoms with E-state index >= 15 is 0 Å². The largest absolute Gasteiger partial charge is 0.388 e. The Balaban J connectivity index is 1.59. The Hall–Kier alpha value is -0.980. The Labute approximate surface area is 125 Å². The number of hydrogen-bond donors (Lipinski definition) is 2. The Morgan fingerprint density at radius 1 is 1.10 bits per heavy atom. The molecule has 1 saturated heterocycles. The lowest BCUT2D eigenvalue weighted by atomic mass is 10.2. The van der Waals surface area contributed by atoms with Crippen LogP contribution in [0, 0.1) is 0 Å². The van der Waals surface area contributed by atoms with Crippen molar-refractivity contribution in [2.24, 2.45) is 0 Å². The third-order valence-corrected chi connectivity index (χ3v) is 3.44. The summed E-state index contributed by atoms with van der Waals surface area (Å²) in [6.45, 7) is 1.24. The monoisotopic (exact) mass is 296 g/mol. The maximum Gasteiger partial charge on any atom is 0.157 e. The van der Waals surface area contributed by atoms with E-state index in [1.165, 1.54) is 0 Å². The standard InChI is InChI=1S/C16H24O5/c17-14(11-19-10-13-6-2-1-3-7-13)15(18)12-21-16-8-4-5-9-20-16/h1-3,6-7,14-18H,4-5,8-12H2/t14-,15+,16?/m1/s1. The summed E-state index contributed by atoms with van der Waals surface area (Å²) in [6, 6.07) is 9.70. The van der Waals surface area contributed by atoms with E-state index in [4.69, 9.17) is 14.2 Å². The van der Waals surface area contributed by atoms with Gasteiger partial charge < -0.3 is 24.4 Å². The van der Waals surface area contributed by atoms with Crippen molar-refractivity contribution >= 4 is 0 Å². The number of hydrogen-bond acceptors (Lipinski definition) is 5. The molecule has 3 atom stereocenters. The molecule has 0 radical (unpaired) electrons. The van der Waals surface area contributed by atoms with Gasteiger partial charge in [0, 0.05) is 6.61 Å².